The summed E-state index contributed by atoms with van der Waals surface area (Å²) in [7, 11) is 0. The van der Waals surface area contributed by atoms with Gasteiger partial charge in [-0.05, 0) is 6.07 Å². The molecule has 10 heavy (non-hydrogen) atoms. The molecule has 4 heteroatoms. The molecule has 2 rings (SSSR count). The molecule has 2 aromatic heterocycles. The second-order valence-corrected chi connectivity index (χ2v) is 1.97. The largest absolute Gasteiger partial charge is 0.470 e. The van der Waals surface area contributed by atoms with Crippen LogP contribution in [-0.4, -0.2) is 4.68 Å². The number of hydrogen-bond acceptors (Lipinski definition) is 3. The summed E-state index contributed by atoms with van der Waals surface area (Å²) in [6.45, 7) is 0. The summed E-state index contributed by atoms with van der Waals surface area (Å²) in [4.78, 5) is 0. The third-order valence-electron chi connectivity index (χ3n) is 1.42. The van der Waals surface area contributed by atoms with Crippen molar-refractivity contribution in [1.29, 1.82) is 5.53 Å². The van der Waals surface area contributed by atoms with Crippen molar-refractivity contribution in [2.24, 2.45) is 5.22 Å². The van der Waals surface area contributed by atoms with Gasteiger partial charge in [0.25, 0.3) is 0 Å². The Kier molecular flexibility index (Phi) is 0.887. The summed E-state index contributed by atoms with van der Waals surface area (Å²) < 4.78 is 6.33. The van der Waals surface area contributed by atoms with Crippen LogP contribution in [-0.2, 0) is 0 Å². The topological polar surface area (TPSA) is 54.3 Å². The van der Waals surface area contributed by atoms with Crippen molar-refractivity contribution in [3.8, 4) is 0 Å². The standard InChI is InChI=1S/C6H5N3O/c7-8-9-2-1-5-3-10-4-6(5)9/h1-4,7H. The minimum atomic E-state index is 0.829. The predicted octanol–water partition coefficient (Wildman–Crippen LogP) is 2.03. The summed E-state index contributed by atoms with van der Waals surface area (Å²) in [6.07, 6.45) is 4.90. The summed E-state index contributed by atoms with van der Waals surface area (Å²) >= 11 is 0. The zero-order chi connectivity index (χ0) is 6.97. The van der Waals surface area contributed by atoms with Crippen LogP contribution in [0.15, 0.2) is 34.4 Å². The van der Waals surface area contributed by atoms with Crippen molar-refractivity contribution in [2.75, 3.05) is 0 Å². The molecule has 0 fully saturated rings. The molecule has 0 aliphatic rings. The van der Waals surface area contributed by atoms with E-state index in [1.165, 1.54) is 4.68 Å². The normalized spacial score (nSPS) is 10.4. The van der Waals surface area contributed by atoms with Crippen molar-refractivity contribution in [1.82, 2.24) is 4.68 Å². The zero-order valence-electron chi connectivity index (χ0n) is 5.11. The van der Waals surface area contributed by atoms with Gasteiger partial charge in [0.15, 0.2) is 0 Å². The maximum Gasteiger partial charge on any atom is 0.117 e. The van der Waals surface area contributed by atoms with Crippen LogP contribution >= 0.6 is 0 Å². The molecular weight excluding hydrogens is 130 g/mol. The molecule has 0 aromatic carbocycles. The number of fused-ring (bicyclic) bond motifs is 1. The van der Waals surface area contributed by atoms with Crippen LogP contribution in [0.1, 0.15) is 0 Å². The molecule has 0 bridgehead atoms. The minimum Gasteiger partial charge on any atom is -0.470 e. The molecule has 0 saturated heterocycles. The van der Waals surface area contributed by atoms with Crippen molar-refractivity contribution < 1.29 is 4.42 Å². The van der Waals surface area contributed by atoms with Crippen molar-refractivity contribution >= 4 is 10.9 Å². The van der Waals surface area contributed by atoms with Crippen molar-refractivity contribution in [2.45, 2.75) is 0 Å². The van der Waals surface area contributed by atoms with Gasteiger partial charge in [-0.3, -0.25) is 0 Å². The number of hydrogen-bond donors (Lipinski definition) is 1. The predicted molar refractivity (Wildman–Crippen MR) is 34.7 cm³/mol. The summed E-state index contributed by atoms with van der Waals surface area (Å²) in [5, 5.41) is 4.21. The summed E-state index contributed by atoms with van der Waals surface area (Å²) in [5.41, 5.74) is 7.56. The van der Waals surface area contributed by atoms with Gasteiger partial charge in [-0.25, -0.2) is 4.68 Å². The quantitative estimate of drug-likeness (QED) is 0.597. The van der Waals surface area contributed by atoms with E-state index in [0.717, 1.165) is 10.9 Å². The van der Waals surface area contributed by atoms with Gasteiger partial charge in [-0.2, -0.15) is 5.53 Å². The van der Waals surface area contributed by atoms with E-state index in [0.29, 0.717) is 0 Å². The molecule has 50 valence electrons. The Morgan fingerprint density at radius 2 is 2.40 bits per heavy atom. The maximum atomic E-state index is 6.73. The highest BCUT2D eigenvalue weighted by Gasteiger charge is 1.99. The number of nitrogens with zero attached hydrogens (tertiary/aromatic N) is 2. The highest BCUT2D eigenvalue weighted by atomic mass is 16.3. The van der Waals surface area contributed by atoms with E-state index in [2.05, 4.69) is 5.22 Å². The number of aromatic nitrogens is 1. The second-order valence-electron chi connectivity index (χ2n) is 1.97. The Labute approximate surface area is 56.5 Å². The van der Waals surface area contributed by atoms with Crippen LogP contribution in [0.5, 0.6) is 0 Å². The first-order chi connectivity index (χ1) is 4.92. The van der Waals surface area contributed by atoms with Gasteiger partial charge in [0.1, 0.15) is 11.8 Å². The maximum absolute atomic E-state index is 6.73. The molecule has 0 radical (unpaired) electrons. The van der Waals surface area contributed by atoms with Crippen LogP contribution < -0.4 is 0 Å². The highest BCUT2D eigenvalue weighted by Crippen LogP contribution is 2.15. The average Bonchev–Trinajstić information content (AvgIpc) is 2.44. The van der Waals surface area contributed by atoms with Gasteiger partial charge < -0.3 is 4.42 Å². The number of nitrogens with one attached hydrogen (secondary N) is 1. The van der Waals surface area contributed by atoms with E-state index >= 15 is 0 Å². The van der Waals surface area contributed by atoms with Crippen molar-refractivity contribution in [3.63, 3.8) is 0 Å². The minimum absolute atomic E-state index is 0.829. The fraction of sp³-hybridized carbons (Fsp3) is 0. The second kappa shape index (κ2) is 1.70. The van der Waals surface area contributed by atoms with E-state index in [1.807, 2.05) is 6.07 Å². The monoisotopic (exact) mass is 135 g/mol. The first-order valence-corrected chi connectivity index (χ1v) is 2.83. The molecule has 2 aromatic rings. The third-order valence-corrected chi connectivity index (χ3v) is 1.42. The average molecular weight is 135 g/mol. The van der Waals surface area contributed by atoms with Gasteiger partial charge >= 0.3 is 0 Å². The number of furan rings is 1. The van der Waals surface area contributed by atoms with E-state index < -0.39 is 0 Å². The fourth-order valence-corrected chi connectivity index (χ4v) is 0.930. The van der Waals surface area contributed by atoms with E-state index in [4.69, 9.17) is 9.95 Å². The molecule has 0 saturated carbocycles. The zero-order valence-corrected chi connectivity index (χ0v) is 5.11. The molecule has 1 N–H and O–H groups in total. The van der Waals surface area contributed by atoms with Crippen LogP contribution in [0, 0.1) is 5.53 Å². The van der Waals surface area contributed by atoms with Gasteiger partial charge in [-0.15, -0.1) is 0 Å². The van der Waals surface area contributed by atoms with Gasteiger partial charge in [0.05, 0.1) is 6.26 Å². The van der Waals surface area contributed by atoms with Gasteiger partial charge in [0, 0.05) is 11.6 Å². The Hall–Kier alpha value is -1.58. The molecule has 0 spiro atoms. The van der Waals surface area contributed by atoms with E-state index in [-0.39, 0.29) is 0 Å². The van der Waals surface area contributed by atoms with Gasteiger partial charge in [-0.1, -0.05) is 5.22 Å². The first kappa shape index (κ1) is 5.22. The summed E-state index contributed by atoms with van der Waals surface area (Å²) in [5.74, 6) is 0. The Morgan fingerprint density at radius 1 is 1.50 bits per heavy atom. The molecule has 0 aliphatic carbocycles. The molecule has 0 unspecified atom stereocenters. The molecule has 0 amide bonds. The van der Waals surface area contributed by atoms with Gasteiger partial charge in [0.2, 0.25) is 0 Å². The van der Waals surface area contributed by atoms with Crippen LogP contribution in [0.2, 0.25) is 0 Å². The number of rotatable bonds is 1. The van der Waals surface area contributed by atoms with Crippen molar-refractivity contribution in [3.05, 3.63) is 24.8 Å². The molecule has 0 atom stereocenters. The fourth-order valence-electron chi connectivity index (χ4n) is 0.930. The Bertz CT molecular complexity index is 360. The SMILES string of the molecule is N=Nn1ccc2cocc21. The molecular formula is C6H5N3O. The Morgan fingerprint density at radius 3 is 3.20 bits per heavy atom. The highest BCUT2D eigenvalue weighted by molar-refractivity contribution is 5.78. The van der Waals surface area contributed by atoms with E-state index in [1.54, 1.807) is 18.7 Å². The molecule has 2 heterocycles. The summed E-state index contributed by atoms with van der Waals surface area (Å²) in [6, 6.07) is 1.84. The smallest absolute Gasteiger partial charge is 0.117 e. The first-order valence-electron chi connectivity index (χ1n) is 2.83. The lowest BCUT2D eigenvalue weighted by Crippen LogP contribution is -1.78. The lowest BCUT2D eigenvalue weighted by atomic mass is 10.4. The third kappa shape index (κ3) is 0.500. The van der Waals surface area contributed by atoms with Crippen LogP contribution in [0.4, 0.5) is 0 Å². The van der Waals surface area contributed by atoms with Crippen LogP contribution in [0.25, 0.3) is 10.9 Å². The van der Waals surface area contributed by atoms with Crippen LogP contribution in [0.3, 0.4) is 0 Å². The molecule has 4 nitrogen and oxygen atoms in total. The Balaban J connectivity index is 2.88. The lowest BCUT2D eigenvalue weighted by molar-refractivity contribution is 0.569. The van der Waals surface area contributed by atoms with E-state index in [9.17, 15) is 0 Å². The lowest BCUT2D eigenvalue weighted by Gasteiger charge is -1.84. The molecule has 0 aliphatic heterocycles.